The van der Waals surface area contributed by atoms with E-state index in [0.717, 1.165) is 19.6 Å². The van der Waals surface area contributed by atoms with Gasteiger partial charge in [-0.1, -0.05) is 18.2 Å². The Kier molecular flexibility index (Phi) is 3.11. The van der Waals surface area contributed by atoms with E-state index >= 15 is 0 Å². The average molecular weight is 248 g/mol. The first kappa shape index (κ1) is 11.2. The molecule has 2 atom stereocenters. The van der Waals surface area contributed by atoms with Gasteiger partial charge in [-0.2, -0.15) is 0 Å². The molecule has 1 aliphatic heterocycles. The topological polar surface area (TPSA) is 47.3 Å². The molecule has 3 rings (SSSR count). The van der Waals surface area contributed by atoms with Gasteiger partial charge in [-0.15, -0.1) is 11.3 Å². The number of ether oxygens (including phenoxy) is 1. The third-order valence-electron chi connectivity index (χ3n) is 3.46. The van der Waals surface area contributed by atoms with Crippen molar-refractivity contribution in [2.75, 3.05) is 13.2 Å². The normalized spacial score (nSPS) is 22.1. The van der Waals surface area contributed by atoms with Gasteiger partial charge in [-0.3, -0.25) is 11.3 Å². The molecule has 2 unspecified atom stereocenters. The molecule has 0 amide bonds. The van der Waals surface area contributed by atoms with Crippen molar-refractivity contribution in [1.29, 1.82) is 0 Å². The molecule has 17 heavy (non-hydrogen) atoms. The largest absolute Gasteiger partial charge is 0.381 e. The molecule has 0 saturated carbocycles. The summed E-state index contributed by atoms with van der Waals surface area (Å²) in [7, 11) is 0. The highest BCUT2D eigenvalue weighted by atomic mass is 32.1. The Morgan fingerprint density at radius 2 is 2.29 bits per heavy atom. The van der Waals surface area contributed by atoms with Crippen molar-refractivity contribution in [3.8, 4) is 0 Å². The Balaban J connectivity index is 2.00. The van der Waals surface area contributed by atoms with E-state index < -0.39 is 0 Å². The first-order valence-corrected chi connectivity index (χ1v) is 6.78. The standard InChI is InChI=1S/C13H16N2OS/c14-15-13(9-5-6-16-7-9)11-8-17-12-4-2-1-3-10(11)12/h1-4,8-9,13,15H,5-7,14H2. The van der Waals surface area contributed by atoms with E-state index in [4.69, 9.17) is 10.6 Å². The van der Waals surface area contributed by atoms with Crippen LogP contribution in [0.25, 0.3) is 10.1 Å². The highest BCUT2D eigenvalue weighted by Gasteiger charge is 2.27. The van der Waals surface area contributed by atoms with Crippen molar-refractivity contribution in [1.82, 2.24) is 5.43 Å². The van der Waals surface area contributed by atoms with Gasteiger partial charge in [-0.25, -0.2) is 0 Å². The van der Waals surface area contributed by atoms with E-state index in [2.05, 4.69) is 35.1 Å². The summed E-state index contributed by atoms with van der Waals surface area (Å²) in [4.78, 5) is 0. The van der Waals surface area contributed by atoms with Crippen molar-refractivity contribution in [3.63, 3.8) is 0 Å². The Hall–Kier alpha value is -0.940. The molecule has 90 valence electrons. The lowest BCUT2D eigenvalue weighted by Crippen LogP contribution is -2.33. The highest BCUT2D eigenvalue weighted by molar-refractivity contribution is 7.17. The fraction of sp³-hybridized carbons (Fsp3) is 0.385. The lowest BCUT2D eigenvalue weighted by molar-refractivity contribution is 0.177. The van der Waals surface area contributed by atoms with Gasteiger partial charge in [0.1, 0.15) is 0 Å². The Labute approximate surface area is 105 Å². The molecular weight excluding hydrogens is 232 g/mol. The van der Waals surface area contributed by atoms with Gasteiger partial charge in [0.2, 0.25) is 0 Å². The summed E-state index contributed by atoms with van der Waals surface area (Å²) < 4.78 is 6.78. The molecule has 0 bridgehead atoms. The lowest BCUT2D eigenvalue weighted by Gasteiger charge is -2.21. The van der Waals surface area contributed by atoms with Crippen LogP contribution in [0.2, 0.25) is 0 Å². The summed E-state index contributed by atoms with van der Waals surface area (Å²) in [5.41, 5.74) is 4.27. The zero-order chi connectivity index (χ0) is 11.7. The minimum Gasteiger partial charge on any atom is -0.381 e. The van der Waals surface area contributed by atoms with Gasteiger partial charge in [0, 0.05) is 17.2 Å². The summed E-state index contributed by atoms with van der Waals surface area (Å²) >= 11 is 1.78. The second kappa shape index (κ2) is 4.74. The van der Waals surface area contributed by atoms with E-state index in [0.29, 0.717) is 5.92 Å². The predicted octanol–water partition coefficient (Wildman–Crippen LogP) is 2.44. The number of fused-ring (bicyclic) bond motifs is 1. The van der Waals surface area contributed by atoms with Crippen molar-refractivity contribution in [3.05, 3.63) is 35.2 Å². The van der Waals surface area contributed by atoms with Crippen LogP contribution < -0.4 is 11.3 Å². The molecule has 2 heterocycles. The van der Waals surface area contributed by atoms with Gasteiger partial charge in [0.15, 0.2) is 0 Å². The fourth-order valence-corrected chi connectivity index (χ4v) is 3.53. The van der Waals surface area contributed by atoms with E-state index in [1.165, 1.54) is 15.6 Å². The third kappa shape index (κ3) is 1.98. The molecule has 0 aliphatic carbocycles. The first-order chi connectivity index (χ1) is 8.40. The number of hydrogen-bond acceptors (Lipinski definition) is 4. The van der Waals surface area contributed by atoms with Crippen LogP contribution in [-0.4, -0.2) is 13.2 Å². The van der Waals surface area contributed by atoms with Gasteiger partial charge in [0.25, 0.3) is 0 Å². The summed E-state index contributed by atoms with van der Waals surface area (Å²) in [5, 5.41) is 3.53. The van der Waals surface area contributed by atoms with Crippen LogP contribution in [0.1, 0.15) is 18.0 Å². The van der Waals surface area contributed by atoms with Crippen LogP contribution in [-0.2, 0) is 4.74 Å². The minimum absolute atomic E-state index is 0.202. The van der Waals surface area contributed by atoms with Gasteiger partial charge in [-0.05, 0) is 28.8 Å². The Morgan fingerprint density at radius 1 is 1.41 bits per heavy atom. The number of thiophene rings is 1. The number of benzene rings is 1. The van der Waals surface area contributed by atoms with Crippen LogP contribution in [0.3, 0.4) is 0 Å². The van der Waals surface area contributed by atoms with Gasteiger partial charge < -0.3 is 4.74 Å². The fourth-order valence-electron chi connectivity index (χ4n) is 2.53. The monoisotopic (exact) mass is 248 g/mol. The average Bonchev–Trinajstić information content (AvgIpc) is 3.01. The maximum Gasteiger partial charge on any atom is 0.0525 e. The minimum atomic E-state index is 0.202. The Morgan fingerprint density at radius 3 is 3.06 bits per heavy atom. The second-order valence-electron chi connectivity index (χ2n) is 4.46. The number of hydrazine groups is 1. The van der Waals surface area contributed by atoms with E-state index in [-0.39, 0.29) is 6.04 Å². The van der Waals surface area contributed by atoms with Gasteiger partial charge >= 0.3 is 0 Å². The molecule has 3 N–H and O–H groups in total. The number of rotatable bonds is 3. The zero-order valence-corrected chi connectivity index (χ0v) is 10.4. The summed E-state index contributed by atoms with van der Waals surface area (Å²) in [6.07, 6.45) is 1.08. The third-order valence-corrected chi connectivity index (χ3v) is 4.44. The molecule has 1 aromatic heterocycles. The molecule has 1 aliphatic rings. The molecule has 0 radical (unpaired) electrons. The molecular formula is C13H16N2OS. The molecule has 1 fully saturated rings. The number of nitrogens with one attached hydrogen (secondary N) is 1. The van der Waals surface area contributed by atoms with Crippen molar-refractivity contribution in [2.24, 2.45) is 11.8 Å². The number of hydrogen-bond donors (Lipinski definition) is 2. The highest BCUT2D eigenvalue weighted by Crippen LogP contribution is 2.35. The first-order valence-electron chi connectivity index (χ1n) is 5.90. The van der Waals surface area contributed by atoms with Crippen LogP contribution in [0.4, 0.5) is 0 Å². The van der Waals surface area contributed by atoms with Crippen LogP contribution in [0.15, 0.2) is 29.6 Å². The summed E-state index contributed by atoms with van der Waals surface area (Å²) in [6.45, 7) is 1.66. The predicted molar refractivity (Wildman–Crippen MR) is 70.8 cm³/mol. The second-order valence-corrected chi connectivity index (χ2v) is 5.37. The lowest BCUT2D eigenvalue weighted by atomic mass is 9.93. The molecule has 0 spiro atoms. The number of nitrogens with two attached hydrogens (primary N) is 1. The summed E-state index contributed by atoms with van der Waals surface area (Å²) in [5.74, 6) is 6.22. The van der Waals surface area contributed by atoms with Gasteiger partial charge in [0.05, 0.1) is 12.6 Å². The van der Waals surface area contributed by atoms with Crippen molar-refractivity contribution in [2.45, 2.75) is 12.5 Å². The van der Waals surface area contributed by atoms with E-state index in [1.807, 2.05) is 0 Å². The SMILES string of the molecule is NNC(c1csc2ccccc12)C1CCOC1. The maximum atomic E-state index is 5.73. The zero-order valence-electron chi connectivity index (χ0n) is 9.56. The van der Waals surface area contributed by atoms with E-state index in [1.54, 1.807) is 11.3 Å². The molecule has 2 aromatic rings. The smallest absolute Gasteiger partial charge is 0.0525 e. The van der Waals surface area contributed by atoms with Crippen molar-refractivity contribution < 1.29 is 4.74 Å². The quantitative estimate of drug-likeness (QED) is 0.648. The van der Waals surface area contributed by atoms with Crippen LogP contribution in [0, 0.1) is 5.92 Å². The molecule has 3 nitrogen and oxygen atoms in total. The maximum absolute atomic E-state index is 5.73. The van der Waals surface area contributed by atoms with E-state index in [9.17, 15) is 0 Å². The Bertz CT molecular complexity index is 505. The van der Waals surface area contributed by atoms with Crippen molar-refractivity contribution >= 4 is 21.4 Å². The van der Waals surface area contributed by atoms with Crippen LogP contribution >= 0.6 is 11.3 Å². The molecule has 1 aromatic carbocycles. The molecule has 1 saturated heterocycles. The molecule has 4 heteroatoms. The van der Waals surface area contributed by atoms with Crippen LogP contribution in [0.5, 0.6) is 0 Å². The summed E-state index contributed by atoms with van der Waals surface area (Å²) in [6, 6.07) is 8.68.